The van der Waals surface area contributed by atoms with Gasteiger partial charge < -0.3 is 0 Å². The summed E-state index contributed by atoms with van der Waals surface area (Å²) in [5.74, 6) is 0. The quantitative estimate of drug-likeness (QED) is 0.605. The van der Waals surface area contributed by atoms with Crippen LogP contribution in [0.15, 0.2) is 72.1 Å². The fourth-order valence-electron chi connectivity index (χ4n) is 2.96. The van der Waals surface area contributed by atoms with Gasteiger partial charge in [-0.1, -0.05) is 30.3 Å². The summed E-state index contributed by atoms with van der Waals surface area (Å²) < 4.78 is 25.1. The molecule has 0 aliphatic carbocycles. The first kappa shape index (κ1) is 16.4. The summed E-state index contributed by atoms with van der Waals surface area (Å²) in [6.07, 6.45) is 7.20. The molecule has 0 radical (unpaired) electrons. The summed E-state index contributed by atoms with van der Waals surface area (Å²) >= 11 is 0. The molecule has 26 heavy (non-hydrogen) atoms. The third-order valence-electron chi connectivity index (χ3n) is 4.29. The van der Waals surface area contributed by atoms with Crippen LogP contribution < -0.4 is 5.14 Å². The summed E-state index contributed by atoms with van der Waals surface area (Å²) in [5, 5.41) is 11.1. The Morgan fingerprint density at radius 2 is 1.65 bits per heavy atom. The number of pyridine rings is 1. The van der Waals surface area contributed by atoms with Gasteiger partial charge in [0.15, 0.2) is 0 Å². The van der Waals surface area contributed by atoms with Crippen LogP contribution in [0.1, 0.15) is 0 Å². The van der Waals surface area contributed by atoms with Gasteiger partial charge in [-0.25, -0.2) is 13.6 Å². The molecular formula is C19H16N4O2S. The second kappa shape index (κ2) is 6.05. The van der Waals surface area contributed by atoms with Gasteiger partial charge in [0, 0.05) is 42.2 Å². The van der Waals surface area contributed by atoms with Crippen LogP contribution in [0.3, 0.4) is 0 Å². The lowest BCUT2D eigenvalue weighted by Gasteiger charge is -2.09. The van der Waals surface area contributed by atoms with Crippen LogP contribution in [0.2, 0.25) is 0 Å². The fourth-order valence-corrected chi connectivity index (χ4v) is 3.50. The van der Waals surface area contributed by atoms with Crippen molar-refractivity contribution in [2.45, 2.75) is 4.90 Å². The van der Waals surface area contributed by atoms with E-state index in [9.17, 15) is 8.42 Å². The van der Waals surface area contributed by atoms with Gasteiger partial charge in [0.1, 0.15) is 0 Å². The van der Waals surface area contributed by atoms with E-state index in [1.165, 1.54) is 6.07 Å². The number of fused-ring (bicyclic) bond motifs is 1. The third-order valence-corrected chi connectivity index (χ3v) is 5.21. The standard InChI is InChI=1S/C19H16N4O2S/c1-23-12-16(10-22-23)13-2-4-14(5-3-13)19-11-21-9-15-6-7-17(8-18(15)19)26(20,24)25/h2-12H,1H3,(H2,20,24,25). The zero-order valence-corrected chi connectivity index (χ0v) is 14.8. The number of nitrogens with zero attached hydrogens (tertiary/aromatic N) is 3. The molecule has 2 aromatic heterocycles. The van der Waals surface area contributed by atoms with Gasteiger partial charge in [0.2, 0.25) is 10.0 Å². The van der Waals surface area contributed by atoms with E-state index in [0.717, 1.165) is 33.0 Å². The van der Waals surface area contributed by atoms with Crippen LogP contribution >= 0.6 is 0 Å². The molecule has 0 saturated carbocycles. The Morgan fingerprint density at radius 3 is 2.31 bits per heavy atom. The minimum absolute atomic E-state index is 0.0874. The summed E-state index contributed by atoms with van der Waals surface area (Å²) in [6.45, 7) is 0. The van der Waals surface area contributed by atoms with Gasteiger partial charge in [-0.3, -0.25) is 9.67 Å². The molecule has 6 nitrogen and oxygen atoms in total. The van der Waals surface area contributed by atoms with Gasteiger partial charge in [0.05, 0.1) is 11.1 Å². The maximum Gasteiger partial charge on any atom is 0.238 e. The van der Waals surface area contributed by atoms with E-state index < -0.39 is 10.0 Å². The van der Waals surface area contributed by atoms with Crippen molar-refractivity contribution in [3.05, 3.63) is 67.3 Å². The largest absolute Gasteiger partial charge is 0.275 e. The average molecular weight is 364 g/mol. The molecule has 0 aliphatic rings. The molecule has 0 atom stereocenters. The number of aryl methyl sites for hydroxylation is 1. The van der Waals surface area contributed by atoms with E-state index in [1.807, 2.05) is 43.7 Å². The van der Waals surface area contributed by atoms with Crippen molar-refractivity contribution in [2.75, 3.05) is 0 Å². The number of aromatic nitrogens is 3. The number of primary sulfonamides is 1. The Kier molecular flexibility index (Phi) is 3.82. The lowest BCUT2D eigenvalue weighted by molar-refractivity contribution is 0.598. The second-order valence-corrected chi connectivity index (χ2v) is 7.66. The molecule has 2 N–H and O–H groups in total. The Balaban J connectivity index is 1.83. The van der Waals surface area contributed by atoms with Crippen LogP contribution in [0.4, 0.5) is 0 Å². The minimum atomic E-state index is -3.76. The van der Waals surface area contributed by atoms with Crippen molar-refractivity contribution in [1.29, 1.82) is 0 Å². The zero-order chi connectivity index (χ0) is 18.3. The maximum absolute atomic E-state index is 11.7. The zero-order valence-electron chi connectivity index (χ0n) is 14.0. The predicted octanol–water partition coefficient (Wildman–Crippen LogP) is 2.95. The summed E-state index contributed by atoms with van der Waals surface area (Å²) in [7, 11) is -1.89. The first-order valence-corrected chi connectivity index (χ1v) is 9.46. The molecule has 0 fully saturated rings. The number of benzene rings is 2. The lowest BCUT2D eigenvalue weighted by Crippen LogP contribution is -2.11. The van der Waals surface area contributed by atoms with Gasteiger partial charge >= 0.3 is 0 Å². The van der Waals surface area contributed by atoms with Crippen LogP contribution in [0, 0.1) is 0 Å². The van der Waals surface area contributed by atoms with Gasteiger partial charge in [-0.15, -0.1) is 0 Å². The maximum atomic E-state index is 11.7. The smallest absolute Gasteiger partial charge is 0.238 e. The molecule has 130 valence electrons. The average Bonchev–Trinajstić information content (AvgIpc) is 3.06. The molecule has 0 amide bonds. The number of sulfonamides is 1. The van der Waals surface area contributed by atoms with E-state index in [2.05, 4.69) is 10.1 Å². The molecule has 4 aromatic rings. The van der Waals surface area contributed by atoms with Gasteiger partial charge in [0.25, 0.3) is 0 Å². The molecule has 0 unspecified atom stereocenters. The molecule has 0 spiro atoms. The van der Waals surface area contributed by atoms with E-state index in [4.69, 9.17) is 5.14 Å². The van der Waals surface area contributed by atoms with Crippen molar-refractivity contribution in [3.8, 4) is 22.3 Å². The van der Waals surface area contributed by atoms with Crippen molar-refractivity contribution in [1.82, 2.24) is 14.8 Å². The lowest BCUT2D eigenvalue weighted by atomic mass is 9.99. The highest BCUT2D eigenvalue weighted by Crippen LogP contribution is 2.31. The highest BCUT2D eigenvalue weighted by Gasteiger charge is 2.11. The van der Waals surface area contributed by atoms with Gasteiger partial charge in [-0.2, -0.15) is 5.10 Å². The Bertz CT molecular complexity index is 1210. The molecule has 2 aromatic carbocycles. The SMILES string of the molecule is Cn1cc(-c2ccc(-c3cncc4ccc(S(N)(=O)=O)cc34)cc2)cn1. The Morgan fingerprint density at radius 1 is 0.923 bits per heavy atom. The molecule has 7 heteroatoms. The van der Waals surface area contributed by atoms with Crippen LogP contribution in [0.25, 0.3) is 33.0 Å². The first-order chi connectivity index (χ1) is 12.4. The molecule has 2 heterocycles. The van der Waals surface area contributed by atoms with Crippen LogP contribution in [0.5, 0.6) is 0 Å². The third kappa shape index (κ3) is 2.98. The second-order valence-electron chi connectivity index (χ2n) is 6.10. The highest BCUT2D eigenvalue weighted by atomic mass is 32.2. The number of hydrogen-bond donors (Lipinski definition) is 1. The number of rotatable bonds is 3. The summed E-state index contributed by atoms with van der Waals surface area (Å²) in [5.41, 5.74) is 3.89. The van der Waals surface area contributed by atoms with Crippen molar-refractivity contribution in [3.63, 3.8) is 0 Å². The van der Waals surface area contributed by atoms with E-state index in [-0.39, 0.29) is 4.90 Å². The molecular weight excluding hydrogens is 348 g/mol. The first-order valence-electron chi connectivity index (χ1n) is 7.92. The Hall–Kier alpha value is -3.03. The van der Waals surface area contributed by atoms with Crippen molar-refractivity contribution < 1.29 is 8.42 Å². The van der Waals surface area contributed by atoms with E-state index in [1.54, 1.807) is 29.2 Å². The normalized spacial score (nSPS) is 11.8. The van der Waals surface area contributed by atoms with Crippen LogP contribution in [-0.2, 0) is 17.1 Å². The van der Waals surface area contributed by atoms with Crippen molar-refractivity contribution >= 4 is 20.8 Å². The number of nitrogens with two attached hydrogens (primary N) is 1. The van der Waals surface area contributed by atoms with E-state index in [0.29, 0.717) is 0 Å². The molecule has 0 aliphatic heterocycles. The van der Waals surface area contributed by atoms with E-state index >= 15 is 0 Å². The summed E-state index contributed by atoms with van der Waals surface area (Å²) in [4.78, 5) is 4.36. The highest BCUT2D eigenvalue weighted by molar-refractivity contribution is 7.89. The summed E-state index contributed by atoms with van der Waals surface area (Å²) in [6, 6.07) is 12.8. The fraction of sp³-hybridized carbons (Fsp3) is 0.0526. The predicted molar refractivity (Wildman–Crippen MR) is 101 cm³/mol. The van der Waals surface area contributed by atoms with Crippen molar-refractivity contribution in [2.24, 2.45) is 12.2 Å². The monoisotopic (exact) mass is 364 g/mol. The van der Waals surface area contributed by atoms with Crippen LogP contribution in [-0.4, -0.2) is 23.2 Å². The Labute approximate surface area is 151 Å². The molecule has 0 bridgehead atoms. The molecule has 0 saturated heterocycles. The van der Waals surface area contributed by atoms with Gasteiger partial charge in [-0.05, 0) is 28.6 Å². The topological polar surface area (TPSA) is 90.9 Å². The molecule has 4 rings (SSSR count). The minimum Gasteiger partial charge on any atom is -0.275 e. The number of hydrogen-bond acceptors (Lipinski definition) is 4.